The second kappa shape index (κ2) is 8.81. The summed E-state index contributed by atoms with van der Waals surface area (Å²) in [5.74, 6) is 0.776. The van der Waals surface area contributed by atoms with Crippen molar-refractivity contribution in [3.8, 4) is 5.75 Å². The first-order valence-corrected chi connectivity index (χ1v) is 10.4. The number of carbonyl (C=O) groups is 2. The highest BCUT2D eigenvalue weighted by molar-refractivity contribution is 5.97. The van der Waals surface area contributed by atoms with Crippen LogP contribution in [0.25, 0.3) is 11.0 Å². The number of hydrogen-bond acceptors (Lipinski definition) is 5. The Balaban J connectivity index is 1.36. The molecule has 2 heterocycles. The number of furan rings is 1. The van der Waals surface area contributed by atoms with Crippen molar-refractivity contribution < 1.29 is 18.7 Å². The third kappa shape index (κ3) is 4.41. The highest BCUT2D eigenvalue weighted by Gasteiger charge is 2.29. The van der Waals surface area contributed by atoms with Crippen LogP contribution in [0.4, 0.5) is 5.69 Å². The fraction of sp³-hybridized carbons (Fsp3) is 0.333. The van der Waals surface area contributed by atoms with E-state index in [0.29, 0.717) is 49.0 Å². The van der Waals surface area contributed by atoms with Crippen LogP contribution < -0.4 is 10.1 Å². The summed E-state index contributed by atoms with van der Waals surface area (Å²) in [6, 6.07) is 14.7. The summed E-state index contributed by atoms with van der Waals surface area (Å²) < 4.78 is 11.1. The van der Waals surface area contributed by atoms with Crippen LogP contribution in [0.1, 0.15) is 23.0 Å². The molecule has 1 atom stereocenters. The number of fused-ring (bicyclic) bond motifs is 1. The molecule has 1 aliphatic heterocycles. The van der Waals surface area contributed by atoms with Crippen molar-refractivity contribution in [2.45, 2.75) is 19.9 Å². The maximum absolute atomic E-state index is 12.8. The molecule has 7 heteroatoms. The van der Waals surface area contributed by atoms with Crippen LogP contribution in [0.3, 0.4) is 0 Å². The smallest absolute Gasteiger partial charge is 0.289 e. The van der Waals surface area contributed by atoms with Gasteiger partial charge in [-0.3, -0.25) is 14.5 Å². The zero-order chi connectivity index (χ0) is 22.0. The summed E-state index contributed by atoms with van der Waals surface area (Å²) in [6.07, 6.45) is 0. The van der Waals surface area contributed by atoms with Crippen molar-refractivity contribution in [2.75, 3.05) is 38.6 Å². The fourth-order valence-corrected chi connectivity index (χ4v) is 3.88. The summed E-state index contributed by atoms with van der Waals surface area (Å²) in [6.45, 7) is 6.17. The summed E-state index contributed by atoms with van der Waals surface area (Å²) in [5, 5.41) is 3.89. The average Bonchev–Trinajstić information content (AvgIpc) is 3.22. The topological polar surface area (TPSA) is 75.0 Å². The lowest BCUT2D eigenvalue weighted by atomic mass is 10.1. The SMILES string of the molecule is COc1ccc(C)cc1NC(=O)C(C)N1CCN(C(=O)c2cc3ccccc3o2)CC1. The molecular formula is C24H27N3O4. The summed E-state index contributed by atoms with van der Waals surface area (Å²) >= 11 is 0. The molecule has 0 saturated carbocycles. The van der Waals surface area contributed by atoms with Crippen LogP contribution in [0.2, 0.25) is 0 Å². The number of hydrogen-bond donors (Lipinski definition) is 1. The predicted molar refractivity (Wildman–Crippen MR) is 120 cm³/mol. The molecule has 0 aliphatic carbocycles. The van der Waals surface area contributed by atoms with E-state index in [1.807, 2.05) is 56.3 Å². The molecule has 0 bridgehead atoms. The quantitative estimate of drug-likeness (QED) is 0.682. The molecule has 1 N–H and O–H groups in total. The van der Waals surface area contributed by atoms with Gasteiger partial charge in [0.05, 0.1) is 18.8 Å². The lowest BCUT2D eigenvalue weighted by molar-refractivity contribution is -0.121. The Morgan fingerprint density at radius 1 is 1.06 bits per heavy atom. The molecule has 1 aromatic heterocycles. The number of methoxy groups -OCH3 is 1. The van der Waals surface area contributed by atoms with Gasteiger partial charge in [-0.1, -0.05) is 24.3 Å². The molecule has 1 saturated heterocycles. The largest absolute Gasteiger partial charge is 0.495 e. The van der Waals surface area contributed by atoms with Gasteiger partial charge in [0.2, 0.25) is 5.91 Å². The number of amides is 2. The highest BCUT2D eigenvalue weighted by atomic mass is 16.5. The number of carbonyl (C=O) groups excluding carboxylic acids is 2. The summed E-state index contributed by atoms with van der Waals surface area (Å²) in [5.41, 5.74) is 2.42. The Kier molecular flexibility index (Phi) is 5.95. The monoisotopic (exact) mass is 421 g/mol. The van der Waals surface area contributed by atoms with E-state index in [0.717, 1.165) is 10.9 Å². The molecule has 1 aliphatic rings. The van der Waals surface area contributed by atoms with Gasteiger partial charge in [0.25, 0.3) is 5.91 Å². The number of anilines is 1. The molecule has 162 valence electrons. The van der Waals surface area contributed by atoms with Crippen LogP contribution in [-0.4, -0.2) is 60.9 Å². The molecule has 31 heavy (non-hydrogen) atoms. The van der Waals surface area contributed by atoms with Gasteiger partial charge in [-0.2, -0.15) is 0 Å². The van der Waals surface area contributed by atoms with Crippen molar-refractivity contribution in [3.63, 3.8) is 0 Å². The van der Waals surface area contributed by atoms with Gasteiger partial charge < -0.3 is 19.4 Å². The zero-order valence-corrected chi connectivity index (χ0v) is 18.1. The number of nitrogens with zero attached hydrogens (tertiary/aromatic N) is 2. The number of rotatable bonds is 5. The maximum atomic E-state index is 12.8. The predicted octanol–water partition coefficient (Wildman–Crippen LogP) is 3.53. The standard InChI is InChI=1S/C24H27N3O4/c1-16-8-9-21(30-3)19(14-16)25-23(28)17(2)26-10-12-27(13-11-26)24(29)22-15-18-6-4-5-7-20(18)31-22/h4-9,14-15,17H,10-13H2,1-3H3,(H,25,28). The molecule has 2 aromatic carbocycles. The van der Waals surface area contributed by atoms with Gasteiger partial charge in [-0.25, -0.2) is 0 Å². The molecule has 2 amide bonds. The number of piperazine rings is 1. The molecule has 4 rings (SSSR count). The molecule has 7 nitrogen and oxygen atoms in total. The van der Waals surface area contributed by atoms with Crippen LogP contribution >= 0.6 is 0 Å². The second-order valence-corrected chi connectivity index (χ2v) is 7.85. The lowest BCUT2D eigenvalue weighted by Gasteiger charge is -2.37. The number of ether oxygens (including phenoxy) is 1. The Hall–Kier alpha value is -3.32. The molecule has 3 aromatic rings. The van der Waals surface area contributed by atoms with Crippen molar-refractivity contribution in [1.29, 1.82) is 0 Å². The van der Waals surface area contributed by atoms with E-state index in [1.54, 1.807) is 18.1 Å². The fourth-order valence-electron chi connectivity index (χ4n) is 3.88. The van der Waals surface area contributed by atoms with E-state index in [9.17, 15) is 9.59 Å². The highest BCUT2D eigenvalue weighted by Crippen LogP contribution is 2.26. The first kappa shape index (κ1) is 20.9. The number of aryl methyl sites for hydroxylation is 1. The van der Waals surface area contributed by atoms with E-state index < -0.39 is 0 Å². The summed E-state index contributed by atoms with van der Waals surface area (Å²) in [7, 11) is 1.59. The normalized spacial score (nSPS) is 15.6. The van der Waals surface area contributed by atoms with Gasteiger partial charge >= 0.3 is 0 Å². The molecule has 1 fully saturated rings. The molecule has 1 unspecified atom stereocenters. The van der Waals surface area contributed by atoms with Crippen LogP contribution in [-0.2, 0) is 4.79 Å². The van der Waals surface area contributed by atoms with E-state index in [1.165, 1.54) is 0 Å². The van der Waals surface area contributed by atoms with Gasteiger partial charge in [-0.15, -0.1) is 0 Å². The van der Waals surface area contributed by atoms with Gasteiger partial charge in [0.1, 0.15) is 11.3 Å². The lowest BCUT2D eigenvalue weighted by Crippen LogP contribution is -2.54. The number of nitrogens with one attached hydrogen (secondary N) is 1. The second-order valence-electron chi connectivity index (χ2n) is 7.85. The van der Waals surface area contributed by atoms with E-state index in [-0.39, 0.29) is 17.9 Å². The molecular weight excluding hydrogens is 394 g/mol. The van der Waals surface area contributed by atoms with Crippen LogP contribution in [0.15, 0.2) is 52.9 Å². The van der Waals surface area contributed by atoms with Crippen LogP contribution in [0, 0.1) is 6.92 Å². The first-order valence-electron chi connectivity index (χ1n) is 10.4. The molecule has 0 radical (unpaired) electrons. The summed E-state index contributed by atoms with van der Waals surface area (Å²) in [4.78, 5) is 29.5. The number of para-hydroxylation sites is 1. The minimum atomic E-state index is -0.325. The first-order chi connectivity index (χ1) is 15.0. The Bertz CT molecular complexity index is 1070. The zero-order valence-electron chi connectivity index (χ0n) is 18.1. The Morgan fingerprint density at radius 3 is 2.52 bits per heavy atom. The van der Waals surface area contributed by atoms with Gasteiger partial charge in [0.15, 0.2) is 5.76 Å². The number of benzene rings is 2. The van der Waals surface area contributed by atoms with E-state index in [2.05, 4.69) is 10.2 Å². The average molecular weight is 421 g/mol. The molecule has 0 spiro atoms. The third-order valence-corrected chi connectivity index (χ3v) is 5.78. The van der Waals surface area contributed by atoms with Crippen molar-refractivity contribution >= 4 is 28.5 Å². The Labute approximate surface area is 181 Å². The van der Waals surface area contributed by atoms with Crippen molar-refractivity contribution in [1.82, 2.24) is 9.80 Å². The van der Waals surface area contributed by atoms with Crippen molar-refractivity contribution in [2.24, 2.45) is 0 Å². The van der Waals surface area contributed by atoms with Gasteiger partial charge in [0, 0.05) is 31.6 Å². The van der Waals surface area contributed by atoms with E-state index >= 15 is 0 Å². The Morgan fingerprint density at radius 2 is 1.81 bits per heavy atom. The minimum absolute atomic E-state index is 0.0963. The minimum Gasteiger partial charge on any atom is -0.495 e. The van der Waals surface area contributed by atoms with Crippen LogP contribution in [0.5, 0.6) is 5.75 Å². The van der Waals surface area contributed by atoms with Crippen molar-refractivity contribution in [3.05, 3.63) is 59.9 Å². The third-order valence-electron chi connectivity index (χ3n) is 5.78. The van der Waals surface area contributed by atoms with Gasteiger partial charge in [-0.05, 0) is 43.7 Å². The van der Waals surface area contributed by atoms with E-state index in [4.69, 9.17) is 9.15 Å². The maximum Gasteiger partial charge on any atom is 0.289 e.